The van der Waals surface area contributed by atoms with Crippen molar-refractivity contribution in [3.05, 3.63) is 83.4 Å². The summed E-state index contributed by atoms with van der Waals surface area (Å²) in [7, 11) is 0. The first kappa shape index (κ1) is 43.4. The number of likely N-dealkylation sites (tertiary alicyclic amines) is 1. The molecule has 0 radical (unpaired) electrons. The van der Waals surface area contributed by atoms with Crippen molar-refractivity contribution >= 4 is 35.5 Å². The molecule has 2 aliphatic rings. The molecule has 2 aromatic carbocycles. The van der Waals surface area contributed by atoms with Crippen LogP contribution in [0.5, 0.6) is 0 Å². The summed E-state index contributed by atoms with van der Waals surface area (Å²) < 4.78 is 21.4. The molecule has 6 N–H and O–H groups in total. The molecule has 1 aliphatic heterocycles. The maximum atomic E-state index is 14.7. The van der Waals surface area contributed by atoms with Crippen LogP contribution in [0.25, 0.3) is 0 Å². The Morgan fingerprint density at radius 3 is 2.36 bits per heavy atom. The van der Waals surface area contributed by atoms with Gasteiger partial charge < -0.3 is 36.4 Å². The van der Waals surface area contributed by atoms with Crippen LogP contribution in [0.4, 0.5) is 9.18 Å². The van der Waals surface area contributed by atoms with Crippen LogP contribution in [0, 0.1) is 11.7 Å². The van der Waals surface area contributed by atoms with Gasteiger partial charge in [0, 0.05) is 19.5 Å². The van der Waals surface area contributed by atoms with Crippen LogP contribution < -0.4 is 21.7 Å². The van der Waals surface area contributed by atoms with Crippen molar-refractivity contribution in [2.45, 2.75) is 114 Å². The second kappa shape index (κ2) is 20.1. The Morgan fingerprint density at radius 1 is 0.966 bits per heavy atom. The number of carbonyl (C=O) groups is 6. The van der Waals surface area contributed by atoms with E-state index in [1.165, 1.54) is 34.0 Å². The van der Waals surface area contributed by atoms with E-state index in [0.29, 0.717) is 12.1 Å². The van der Waals surface area contributed by atoms with E-state index in [4.69, 9.17) is 10.5 Å². The summed E-state index contributed by atoms with van der Waals surface area (Å²) in [6.45, 7) is 3.29. The molecule has 17 heteroatoms. The summed E-state index contributed by atoms with van der Waals surface area (Å²) in [5.74, 6) is -5.09. The van der Waals surface area contributed by atoms with E-state index in [2.05, 4.69) is 26.3 Å². The van der Waals surface area contributed by atoms with Gasteiger partial charge in [0.1, 0.15) is 30.1 Å². The molecule has 1 aromatic heterocycles. The number of amides is 5. The molecule has 2 heterocycles. The number of rotatable bonds is 18. The second-order valence-corrected chi connectivity index (χ2v) is 15.5. The molecular weight excluding hydrogens is 751 g/mol. The number of Topliss-reactive ketones (excluding diaryl/α,β-unsaturated/α-hetero) is 1. The maximum absolute atomic E-state index is 14.7. The Hall–Kier alpha value is -5.71. The average molecular weight is 805 g/mol. The van der Waals surface area contributed by atoms with Crippen molar-refractivity contribution < 1.29 is 43.0 Å². The summed E-state index contributed by atoms with van der Waals surface area (Å²) in [5.41, 5.74) is 4.91. The Labute approximate surface area is 336 Å². The number of benzene rings is 2. The third-order valence-corrected chi connectivity index (χ3v) is 10.7. The van der Waals surface area contributed by atoms with E-state index in [1.54, 1.807) is 13.8 Å². The summed E-state index contributed by atoms with van der Waals surface area (Å²) >= 11 is 0. The minimum absolute atomic E-state index is 0.00667. The number of hydrogen-bond acceptors (Lipinski definition) is 10. The van der Waals surface area contributed by atoms with Crippen LogP contribution in [0.2, 0.25) is 0 Å². The minimum Gasteiger partial charge on any atom is -0.445 e. The summed E-state index contributed by atoms with van der Waals surface area (Å²) in [6, 6.07) is 10.2. The molecule has 1 saturated heterocycles. The van der Waals surface area contributed by atoms with Gasteiger partial charge >= 0.3 is 6.09 Å². The highest BCUT2D eigenvalue weighted by atomic mass is 19.1. The Balaban J connectivity index is 1.33. The van der Waals surface area contributed by atoms with Crippen LogP contribution in [-0.2, 0) is 36.1 Å². The number of unbranched alkanes of at least 4 members (excludes halogenated alkanes) is 1. The SMILES string of the molecule is CC(C)(O)c1cnnn1[C@H]1C[C@@H](C(=O)NC(CCCCNC(=O)OCc2ccccc2)C(=O)C(N)=O)N(C(=O)[C@@H](CC2CCCCC2)NC(=O)c2ccccc2F)C1. The lowest BCUT2D eigenvalue weighted by Crippen LogP contribution is -2.56. The van der Waals surface area contributed by atoms with Gasteiger partial charge in [0.05, 0.1) is 29.5 Å². The molecule has 16 nitrogen and oxygen atoms in total. The van der Waals surface area contributed by atoms with Gasteiger partial charge in [-0.15, -0.1) is 5.10 Å². The van der Waals surface area contributed by atoms with Crippen molar-refractivity contribution in [1.29, 1.82) is 0 Å². The van der Waals surface area contributed by atoms with E-state index < -0.39 is 71.1 Å². The Morgan fingerprint density at radius 2 is 1.67 bits per heavy atom. The number of aliphatic hydroxyl groups is 1. The minimum atomic E-state index is -1.39. The van der Waals surface area contributed by atoms with Crippen LogP contribution in [0.1, 0.15) is 106 Å². The number of aromatic nitrogens is 3. The Kier molecular flexibility index (Phi) is 15.1. The molecular formula is C41H53FN8O8. The van der Waals surface area contributed by atoms with Crippen molar-refractivity contribution in [3.8, 4) is 0 Å². The molecule has 0 spiro atoms. The van der Waals surface area contributed by atoms with E-state index >= 15 is 0 Å². The molecule has 5 amide bonds. The highest BCUT2D eigenvalue weighted by Gasteiger charge is 2.45. The maximum Gasteiger partial charge on any atom is 0.407 e. The van der Waals surface area contributed by atoms with Gasteiger partial charge in [0.2, 0.25) is 17.6 Å². The number of nitrogens with zero attached hydrogens (tertiary/aromatic N) is 4. The highest BCUT2D eigenvalue weighted by Crippen LogP contribution is 2.33. The monoisotopic (exact) mass is 804 g/mol. The summed E-state index contributed by atoms with van der Waals surface area (Å²) in [4.78, 5) is 81.0. The lowest BCUT2D eigenvalue weighted by molar-refractivity contribution is -0.142. The van der Waals surface area contributed by atoms with E-state index in [1.807, 2.05) is 30.3 Å². The smallest absolute Gasteiger partial charge is 0.407 e. The fourth-order valence-corrected chi connectivity index (χ4v) is 7.64. The number of nitrogens with two attached hydrogens (primary N) is 1. The molecule has 1 unspecified atom stereocenters. The lowest BCUT2D eigenvalue weighted by atomic mass is 9.84. The van der Waals surface area contributed by atoms with Crippen molar-refractivity contribution in [3.63, 3.8) is 0 Å². The topological polar surface area (TPSA) is 228 Å². The number of carbonyl (C=O) groups excluding carboxylic acids is 6. The van der Waals surface area contributed by atoms with Gasteiger partial charge in [-0.3, -0.25) is 24.0 Å². The normalized spacial score (nSPS) is 18.2. The molecule has 4 atom stereocenters. The third kappa shape index (κ3) is 11.7. The number of primary amides is 1. The summed E-state index contributed by atoms with van der Waals surface area (Å²) in [5, 5.41) is 27.0. The van der Waals surface area contributed by atoms with E-state index in [0.717, 1.165) is 43.7 Å². The molecule has 312 valence electrons. The van der Waals surface area contributed by atoms with Gasteiger partial charge in [-0.05, 0) is 63.1 Å². The number of halogens is 1. The van der Waals surface area contributed by atoms with Gasteiger partial charge in [-0.1, -0.05) is 79.8 Å². The van der Waals surface area contributed by atoms with Crippen molar-refractivity contribution in [1.82, 2.24) is 35.8 Å². The van der Waals surface area contributed by atoms with Crippen LogP contribution in [-0.4, -0.2) is 91.7 Å². The quantitative estimate of drug-likeness (QED) is 0.0932. The molecule has 0 bridgehead atoms. The fraction of sp³-hybridized carbons (Fsp3) is 0.512. The van der Waals surface area contributed by atoms with Crippen molar-refractivity contribution in [2.75, 3.05) is 13.1 Å². The number of hydrogen-bond donors (Lipinski definition) is 5. The van der Waals surface area contributed by atoms with Crippen LogP contribution in [0.15, 0.2) is 60.8 Å². The zero-order valence-corrected chi connectivity index (χ0v) is 32.9. The number of alkyl carbamates (subject to hydrolysis) is 1. The standard InChI is InChI=1S/C41H53FN8O8/c1-41(2,57)34-23-45-48-50(34)28-22-33(38(54)46-31(35(51)36(43)52)19-11-12-20-44-40(56)58-25-27-15-7-4-8-16-27)49(24-28)39(55)32(21-26-13-5-3-6-14-26)47-37(53)29-17-9-10-18-30(29)42/h4,7-10,15-18,23,26,28,31-33,57H,3,5-6,11-14,19-22,24-25H2,1-2H3,(H2,43,52)(H,44,56)(H,46,54)(H,47,53)/t28-,31?,32+,33-/m0/s1. The fourth-order valence-electron chi connectivity index (χ4n) is 7.64. The third-order valence-electron chi connectivity index (χ3n) is 10.7. The van der Waals surface area contributed by atoms with Crippen LogP contribution in [0.3, 0.4) is 0 Å². The van der Waals surface area contributed by atoms with Gasteiger partial charge in [0.25, 0.3) is 11.8 Å². The Bertz CT molecular complexity index is 1910. The molecule has 3 aromatic rings. The summed E-state index contributed by atoms with van der Waals surface area (Å²) in [6.07, 6.45) is 6.28. The first-order valence-corrected chi connectivity index (χ1v) is 19.8. The molecule has 58 heavy (non-hydrogen) atoms. The first-order chi connectivity index (χ1) is 27.7. The molecule has 1 aliphatic carbocycles. The number of ketones is 1. The molecule has 2 fully saturated rings. The van der Waals surface area contributed by atoms with Crippen LogP contribution >= 0.6 is 0 Å². The van der Waals surface area contributed by atoms with E-state index in [-0.39, 0.29) is 56.9 Å². The number of nitrogens with one attached hydrogen (secondary N) is 3. The second-order valence-electron chi connectivity index (χ2n) is 15.5. The van der Waals surface area contributed by atoms with Gasteiger partial charge in [0.15, 0.2) is 0 Å². The molecule has 1 saturated carbocycles. The highest BCUT2D eigenvalue weighted by molar-refractivity contribution is 6.37. The van der Waals surface area contributed by atoms with Gasteiger partial charge in [-0.2, -0.15) is 0 Å². The van der Waals surface area contributed by atoms with E-state index in [9.17, 15) is 38.3 Å². The largest absolute Gasteiger partial charge is 0.445 e. The predicted octanol–water partition coefficient (Wildman–Crippen LogP) is 3.19. The predicted molar refractivity (Wildman–Crippen MR) is 208 cm³/mol. The zero-order chi connectivity index (χ0) is 41.8. The van der Waals surface area contributed by atoms with Crippen molar-refractivity contribution in [2.24, 2.45) is 11.7 Å². The number of ether oxygens (including phenoxy) is 1. The van der Waals surface area contributed by atoms with Gasteiger partial charge in [-0.25, -0.2) is 13.9 Å². The average Bonchev–Trinajstić information content (AvgIpc) is 3.89. The molecule has 5 rings (SSSR count). The lowest BCUT2D eigenvalue weighted by Gasteiger charge is -2.32. The zero-order valence-electron chi connectivity index (χ0n) is 32.9. The first-order valence-electron chi connectivity index (χ1n) is 19.8.